The maximum atomic E-state index is 12.3. The van der Waals surface area contributed by atoms with Crippen molar-refractivity contribution in [2.24, 2.45) is 0 Å². The van der Waals surface area contributed by atoms with Gasteiger partial charge in [-0.3, -0.25) is 10.1 Å². The second-order valence-corrected chi connectivity index (χ2v) is 6.71. The van der Waals surface area contributed by atoms with E-state index in [4.69, 9.17) is 0 Å². The predicted octanol–water partition coefficient (Wildman–Crippen LogP) is 3.55. The van der Waals surface area contributed by atoms with Crippen molar-refractivity contribution in [3.63, 3.8) is 0 Å². The zero-order valence-corrected chi connectivity index (χ0v) is 16.1. The Bertz CT molecular complexity index is 848. The number of aromatic nitrogens is 3. The summed E-state index contributed by atoms with van der Waals surface area (Å²) in [6, 6.07) is 17.9. The van der Waals surface area contributed by atoms with Gasteiger partial charge in [0, 0.05) is 16.7 Å². The quantitative estimate of drug-likeness (QED) is 0.642. The number of amides is 1. The van der Waals surface area contributed by atoms with Crippen molar-refractivity contribution in [3.8, 4) is 0 Å². The zero-order valence-electron chi connectivity index (χ0n) is 14.5. The number of hydrogen-bond acceptors (Lipinski definition) is 4. The molecule has 0 atom stereocenters. The van der Waals surface area contributed by atoms with Gasteiger partial charge in [-0.15, -0.1) is 5.10 Å². The Morgan fingerprint density at radius 1 is 1.15 bits per heavy atom. The lowest BCUT2D eigenvalue weighted by Gasteiger charge is -2.21. The Labute approximate surface area is 161 Å². The van der Waals surface area contributed by atoms with Crippen LogP contribution in [0, 0.1) is 0 Å². The molecule has 1 heterocycles. The summed E-state index contributed by atoms with van der Waals surface area (Å²) in [5, 5.41) is 7.08. The first kappa shape index (κ1) is 18.1. The highest BCUT2D eigenvalue weighted by atomic mass is 79.9. The highest BCUT2D eigenvalue weighted by molar-refractivity contribution is 9.10. The minimum Gasteiger partial charge on any atom is -0.362 e. The number of para-hydroxylation sites is 1. The summed E-state index contributed by atoms with van der Waals surface area (Å²) in [6.45, 7) is 3.61. The Morgan fingerprint density at radius 2 is 1.88 bits per heavy atom. The molecule has 0 aliphatic rings. The summed E-state index contributed by atoms with van der Waals surface area (Å²) in [7, 11) is 0. The third-order valence-electron chi connectivity index (χ3n) is 3.88. The molecule has 6 nitrogen and oxygen atoms in total. The number of hydrogen-bond donors (Lipinski definition) is 1. The molecule has 0 radical (unpaired) electrons. The number of anilines is 2. The third-order valence-corrected chi connectivity index (χ3v) is 4.41. The number of carbonyl (C=O) groups is 1. The summed E-state index contributed by atoms with van der Waals surface area (Å²) in [6.07, 6.45) is 1.62. The van der Waals surface area contributed by atoms with Crippen LogP contribution in [0.15, 0.2) is 65.4 Å². The van der Waals surface area contributed by atoms with Crippen LogP contribution in [-0.4, -0.2) is 33.8 Å². The fourth-order valence-electron chi connectivity index (χ4n) is 2.57. The first-order valence-electron chi connectivity index (χ1n) is 8.38. The third kappa shape index (κ3) is 4.92. The van der Waals surface area contributed by atoms with Crippen molar-refractivity contribution in [1.29, 1.82) is 0 Å². The lowest BCUT2D eigenvalue weighted by molar-refractivity contribution is -0.115. The average molecular weight is 414 g/mol. The van der Waals surface area contributed by atoms with E-state index < -0.39 is 0 Å². The smallest absolute Gasteiger partial charge is 0.248 e. The van der Waals surface area contributed by atoms with Gasteiger partial charge in [-0.2, -0.15) is 0 Å². The van der Waals surface area contributed by atoms with E-state index in [-0.39, 0.29) is 12.5 Å². The number of benzene rings is 2. The van der Waals surface area contributed by atoms with Crippen LogP contribution in [0.5, 0.6) is 0 Å². The van der Waals surface area contributed by atoms with E-state index in [1.165, 1.54) is 0 Å². The fraction of sp³-hybridized carbons (Fsp3) is 0.211. The molecule has 1 amide bonds. The molecule has 0 unspecified atom stereocenters. The Hall–Kier alpha value is -2.67. The van der Waals surface area contributed by atoms with Gasteiger partial charge in [0.1, 0.15) is 6.33 Å². The molecule has 0 bridgehead atoms. The molecule has 0 spiro atoms. The van der Waals surface area contributed by atoms with E-state index in [0.717, 1.165) is 22.3 Å². The van der Waals surface area contributed by atoms with Gasteiger partial charge in [-0.05, 0) is 36.8 Å². The molecule has 1 aromatic heterocycles. The largest absolute Gasteiger partial charge is 0.362 e. The number of likely N-dealkylation sites (N-methyl/N-ethyl adjacent to an activating group) is 1. The molecule has 3 rings (SSSR count). The monoisotopic (exact) mass is 413 g/mol. The molecule has 1 N–H and O–H groups in total. The van der Waals surface area contributed by atoms with Crippen LogP contribution in [-0.2, 0) is 11.3 Å². The molecule has 0 fully saturated rings. The van der Waals surface area contributed by atoms with Gasteiger partial charge in [0.15, 0.2) is 0 Å². The minimum absolute atomic E-state index is 0.142. The molecule has 3 aromatic rings. The van der Waals surface area contributed by atoms with Gasteiger partial charge >= 0.3 is 0 Å². The van der Waals surface area contributed by atoms with Gasteiger partial charge in [-0.25, -0.2) is 9.67 Å². The van der Waals surface area contributed by atoms with Gasteiger partial charge in [0.2, 0.25) is 11.9 Å². The van der Waals surface area contributed by atoms with Crippen molar-refractivity contribution >= 4 is 33.5 Å². The van der Waals surface area contributed by atoms with Crippen LogP contribution in [0.2, 0.25) is 0 Å². The molecule has 26 heavy (non-hydrogen) atoms. The lowest BCUT2D eigenvalue weighted by atomic mass is 10.2. The van der Waals surface area contributed by atoms with Crippen molar-refractivity contribution < 1.29 is 4.79 Å². The van der Waals surface area contributed by atoms with E-state index >= 15 is 0 Å². The summed E-state index contributed by atoms with van der Waals surface area (Å²) >= 11 is 3.42. The molecule has 0 saturated heterocycles. The van der Waals surface area contributed by atoms with Crippen LogP contribution >= 0.6 is 15.9 Å². The average Bonchev–Trinajstić information content (AvgIpc) is 3.09. The number of nitrogens with one attached hydrogen (secondary N) is 1. The van der Waals surface area contributed by atoms with Crippen LogP contribution in [0.3, 0.4) is 0 Å². The topological polar surface area (TPSA) is 63.1 Å². The molecule has 0 saturated carbocycles. The highest BCUT2D eigenvalue weighted by Crippen LogP contribution is 2.13. The van der Waals surface area contributed by atoms with Crippen LogP contribution in [0.25, 0.3) is 0 Å². The first-order valence-corrected chi connectivity index (χ1v) is 9.17. The Kier molecular flexibility index (Phi) is 6.01. The second-order valence-electron chi connectivity index (χ2n) is 5.79. The maximum absolute atomic E-state index is 12.3. The molecule has 0 aliphatic heterocycles. The highest BCUT2D eigenvalue weighted by Gasteiger charge is 2.12. The Balaban J connectivity index is 1.58. The van der Waals surface area contributed by atoms with Gasteiger partial charge < -0.3 is 4.90 Å². The van der Waals surface area contributed by atoms with Gasteiger partial charge in [0.05, 0.1) is 13.1 Å². The first-order chi connectivity index (χ1) is 12.6. The number of nitrogens with zero attached hydrogens (tertiary/aromatic N) is 4. The van der Waals surface area contributed by atoms with Crippen molar-refractivity contribution in [3.05, 3.63) is 71.0 Å². The van der Waals surface area contributed by atoms with E-state index in [1.54, 1.807) is 11.0 Å². The summed E-state index contributed by atoms with van der Waals surface area (Å²) < 4.78 is 2.74. The zero-order chi connectivity index (χ0) is 18.4. The van der Waals surface area contributed by atoms with E-state index in [2.05, 4.69) is 31.3 Å². The molecule has 134 valence electrons. The molecular weight excluding hydrogens is 394 g/mol. The van der Waals surface area contributed by atoms with E-state index in [0.29, 0.717) is 12.5 Å². The number of rotatable bonds is 7. The van der Waals surface area contributed by atoms with Crippen molar-refractivity contribution in [2.75, 3.05) is 23.3 Å². The second kappa shape index (κ2) is 8.62. The van der Waals surface area contributed by atoms with E-state index in [1.807, 2.05) is 66.4 Å². The summed E-state index contributed by atoms with van der Waals surface area (Å²) in [4.78, 5) is 18.5. The van der Waals surface area contributed by atoms with Crippen molar-refractivity contribution in [2.45, 2.75) is 13.5 Å². The summed E-state index contributed by atoms with van der Waals surface area (Å²) in [5.74, 6) is 0.174. The van der Waals surface area contributed by atoms with Crippen LogP contribution < -0.4 is 10.2 Å². The molecule has 0 aliphatic carbocycles. The fourth-order valence-corrected chi connectivity index (χ4v) is 2.83. The predicted molar refractivity (Wildman–Crippen MR) is 106 cm³/mol. The van der Waals surface area contributed by atoms with Gasteiger partial charge in [-0.1, -0.05) is 46.3 Å². The molecule has 2 aromatic carbocycles. The lowest BCUT2D eigenvalue weighted by Crippen LogP contribution is -2.33. The van der Waals surface area contributed by atoms with Crippen molar-refractivity contribution in [1.82, 2.24) is 14.8 Å². The number of halogens is 1. The number of carbonyl (C=O) groups excluding carboxylic acids is 1. The SMILES string of the molecule is CCN(CC(=O)Nc1ncn(Cc2ccc(Br)cc2)n1)c1ccccc1. The standard InChI is InChI=1S/C19H20BrN5O/c1-2-24(17-6-4-3-5-7-17)13-18(26)22-19-21-14-25(23-19)12-15-8-10-16(20)11-9-15/h3-11,14H,2,12-13H2,1H3,(H,22,23,26). The summed E-state index contributed by atoms with van der Waals surface area (Å²) in [5.41, 5.74) is 2.12. The maximum Gasteiger partial charge on any atom is 0.248 e. The molecular formula is C19H20BrN5O. The molecule has 7 heteroatoms. The van der Waals surface area contributed by atoms with Gasteiger partial charge in [0.25, 0.3) is 0 Å². The van der Waals surface area contributed by atoms with Crippen LogP contribution in [0.4, 0.5) is 11.6 Å². The van der Waals surface area contributed by atoms with E-state index in [9.17, 15) is 4.79 Å². The minimum atomic E-state index is -0.142. The Morgan fingerprint density at radius 3 is 2.58 bits per heavy atom. The normalized spacial score (nSPS) is 10.5. The van der Waals surface area contributed by atoms with Crippen LogP contribution in [0.1, 0.15) is 12.5 Å².